The molecular weight excluding hydrogens is 318 g/mol. The summed E-state index contributed by atoms with van der Waals surface area (Å²) in [5.74, 6) is 1.36. The number of likely N-dealkylation sites (N-methyl/N-ethyl adjacent to an activating group) is 1. The van der Waals surface area contributed by atoms with Crippen LogP contribution in [0.2, 0.25) is 0 Å². The smallest absolute Gasteiger partial charge is 0.248 e. The first kappa shape index (κ1) is 17.4. The van der Waals surface area contributed by atoms with Crippen LogP contribution < -0.4 is 10.2 Å². The summed E-state index contributed by atoms with van der Waals surface area (Å²) >= 11 is 0. The summed E-state index contributed by atoms with van der Waals surface area (Å²) in [4.78, 5) is 15.1. The van der Waals surface area contributed by atoms with Crippen LogP contribution >= 0.6 is 0 Å². The Bertz CT molecular complexity index is 730. The summed E-state index contributed by atoms with van der Waals surface area (Å²) < 4.78 is 7.46. The molecule has 0 spiro atoms. The summed E-state index contributed by atoms with van der Waals surface area (Å²) in [6.07, 6.45) is 0. The lowest BCUT2D eigenvalue weighted by Crippen LogP contribution is -2.53. The van der Waals surface area contributed by atoms with E-state index in [1.54, 1.807) is 0 Å². The van der Waals surface area contributed by atoms with Crippen LogP contribution in [-0.4, -0.2) is 46.9 Å². The minimum absolute atomic E-state index is 0.0690. The van der Waals surface area contributed by atoms with Crippen molar-refractivity contribution in [2.75, 3.05) is 31.1 Å². The molecule has 3 rings (SSSR count). The Hall–Kier alpha value is -2.41. The summed E-state index contributed by atoms with van der Waals surface area (Å²) in [5, 5.41) is 11.2. The van der Waals surface area contributed by atoms with Gasteiger partial charge in [0.2, 0.25) is 5.91 Å². The number of ether oxygens (including phenoxy) is 1. The van der Waals surface area contributed by atoms with E-state index in [0.29, 0.717) is 25.6 Å². The van der Waals surface area contributed by atoms with Crippen LogP contribution in [0, 0.1) is 6.92 Å². The van der Waals surface area contributed by atoms with Gasteiger partial charge in [-0.2, -0.15) is 0 Å². The molecule has 0 saturated carbocycles. The Labute approximate surface area is 148 Å². The van der Waals surface area contributed by atoms with Gasteiger partial charge in [0.1, 0.15) is 18.0 Å². The van der Waals surface area contributed by atoms with E-state index in [1.165, 1.54) is 0 Å². The van der Waals surface area contributed by atoms with Gasteiger partial charge in [0.25, 0.3) is 0 Å². The quantitative estimate of drug-likeness (QED) is 0.860. The molecule has 0 aliphatic carbocycles. The average Bonchev–Trinajstić information content (AvgIpc) is 3.02. The summed E-state index contributed by atoms with van der Waals surface area (Å²) in [6.45, 7) is 8.75. The number of hydrogen-bond acceptors (Lipinski definition) is 5. The Balaban J connectivity index is 1.64. The first-order chi connectivity index (χ1) is 12.1. The molecule has 1 aromatic heterocycles. The molecule has 0 saturated heterocycles. The predicted octanol–water partition coefficient (Wildman–Crippen LogP) is 1.47. The fourth-order valence-corrected chi connectivity index (χ4v) is 3.32. The van der Waals surface area contributed by atoms with Crippen LogP contribution in [0.15, 0.2) is 30.3 Å². The molecule has 7 nitrogen and oxygen atoms in total. The lowest BCUT2D eigenvalue weighted by atomic mass is 10.0. The van der Waals surface area contributed by atoms with Crippen molar-refractivity contribution in [3.05, 3.63) is 42.0 Å². The summed E-state index contributed by atoms with van der Waals surface area (Å²) in [5.41, 5.74) is 0.341. The standard InChI is InChI=1S/C18H25N5O2/c1-4-22(15-8-6-5-7-9-15)11-10-19-17(24)18(3)13-25-12-16-21-20-14(2)23(16)18/h5-9H,4,10-13H2,1-3H3,(H,19,24). The number of nitrogens with one attached hydrogen (secondary N) is 1. The van der Waals surface area contributed by atoms with Crippen molar-refractivity contribution < 1.29 is 9.53 Å². The zero-order valence-corrected chi connectivity index (χ0v) is 15.0. The van der Waals surface area contributed by atoms with Gasteiger partial charge in [-0.25, -0.2) is 0 Å². The molecular formula is C18H25N5O2. The molecule has 1 aliphatic heterocycles. The Morgan fingerprint density at radius 1 is 1.36 bits per heavy atom. The SMILES string of the molecule is CCN(CCNC(=O)C1(C)COCc2nnc(C)n21)c1ccccc1. The van der Waals surface area contributed by atoms with E-state index in [0.717, 1.165) is 24.6 Å². The molecule has 1 atom stereocenters. The van der Waals surface area contributed by atoms with E-state index < -0.39 is 5.54 Å². The zero-order chi connectivity index (χ0) is 17.9. The fourth-order valence-electron chi connectivity index (χ4n) is 3.32. The van der Waals surface area contributed by atoms with Crippen molar-refractivity contribution in [3.63, 3.8) is 0 Å². The molecule has 1 unspecified atom stereocenters. The molecule has 25 heavy (non-hydrogen) atoms. The van der Waals surface area contributed by atoms with E-state index in [1.807, 2.05) is 36.6 Å². The molecule has 0 radical (unpaired) electrons. The number of hydrogen-bond donors (Lipinski definition) is 1. The summed E-state index contributed by atoms with van der Waals surface area (Å²) in [6, 6.07) is 10.2. The number of rotatable bonds is 6. The highest BCUT2D eigenvalue weighted by Crippen LogP contribution is 2.25. The second-order valence-corrected chi connectivity index (χ2v) is 6.44. The van der Waals surface area contributed by atoms with Gasteiger partial charge in [0, 0.05) is 25.3 Å². The van der Waals surface area contributed by atoms with Gasteiger partial charge in [0.05, 0.1) is 6.61 Å². The molecule has 1 aliphatic rings. The van der Waals surface area contributed by atoms with Gasteiger partial charge in [-0.1, -0.05) is 18.2 Å². The molecule has 0 bridgehead atoms. The molecule has 134 valence electrons. The van der Waals surface area contributed by atoms with Crippen molar-refractivity contribution in [1.82, 2.24) is 20.1 Å². The van der Waals surface area contributed by atoms with Gasteiger partial charge in [-0.15, -0.1) is 10.2 Å². The minimum atomic E-state index is -0.815. The lowest BCUT2D eigenvalue weighted by Gasteiger charge is -2.35. The first-order valence-corrected chi connectivity index (χ1v) is 8.63. The van der Waals surface area contributed by atoms with Crippen LogP contribution in [-0.2, 0) is 21.7 Å². The number of fused-ring (bicyclic) bond motifs is 1. The fraction of sp³-hybridized carbons (Fsp3) is 0.500. The number of carbonyl (C=O) groups is 1. The zero-order valence-electron chi connectivity index (χ0n) is 15.0. The highest BCUT2D eigenvalue weighted by atomic mass is 16.5. The highest BCUT2D eigenvalue weighted by Gasteiger charge is 2.41. The normalized spacial score (nSPS) is 19.3. The van der Waals surface area contributed by atoms with E-state index in [4.69, 9.17) is 4.74 Å². The van der Waals surface area contributed by atoms with Crippen molar-refractivity contribution in [2.24, 2.45) is 0 Å². The predicted molar refractivity (Wildman–Crippen MR) is 95.4 cm³/mol. The third-order valence-electron chi connectivity index (χ3n) is 4.66. The van der Waals surface area contributed by atoms with E-state index in [9.17, 15) is 4.79 Å². The first-order valence-electron chi connectivity index (χ1n) is 8.63. The van der Waals surface area contributed by atoms with Crippen molar-refractivity contribution in [1.29, 1.82) is 0 Å². The molecule has 1 N–H and O–H groups in total. The van der Waals surface area contributed by atoms with Crippen LogP contribution in [0.1, 0.15) is 25.5 Å². The van der Waals surface area contributed by atoms with Crippen LogP contribution in [0.25, 0.3) is 0 Å². The number of para-hydroxylation sites is 1. The maximum absolute atomic E-state index is 12.9. The second-order valence-electron chi connectivity index (χ2n) is 6.44. The highest BCUT2D eigenvalue weighted by molar-refractivity contribution is 5.84. The number of aromatic nitrogens is 3. The maximum atomic E-state index is 12.9. The Kier molecular flexibility index (Phi) is 5.03. The van der Waals surface area contributed by atoms with E-state index >= 15 is 0 Å². The molecule has 1 amide bonds. The number of carbonyl (C=O) groups excluding carboxylic acids is 1. The molecule has 1 aromatic carbocycles. The van der Waals surface area contributed by atoms with Gasteiger partial charge in [-0.05, 0) is 32.9 Å². The van der Waals surface area contributed by atoms with Crippen molar-refractivity contribution in [2.45, 2.75) is 32.9 Å². The van der Waals surface area contributed by atoms with Crippen LogP contribution in [0.3, 0.4) is 0 Å². The molecule has 0 fully saturated rings. The minimum Gasteiger partial charge on any atom is -0.370 e. The summed E-state index contributed by atoms with van der Waals surface area (Å²) in [7, 11) is 0. The number of nitrogens with zero attached hydrogens (tertiary/aromatic N) is 4. The van der Waals surface area contributed by atoms with Gasteiger partial charge < -0.3 is 15.0 Å². The van der Waals surface area contributed by atoms with Gasteiger partial charge in [0.15, 0.2) is 5.82 Å². The second kappa shape index (κ2) is 7.23. The third-order valence-corrected chi connectivity index (χ3v) is 4.66. The maximum Gasteiger partial charge on any atom is 0.248 e. The third kappa shape index (κ3) is 3.37. The topological polar surface area (TPSA) is 72.3 Å². The van der Waals surface area contributed by atoms with Crippen molar-refractivity contribution in [3.8, 4) is 0 Å². The Morgan fingerprint density at radius 2 is 2.12 bits per heavy atom. The number of amides is 1. The van der Waals surface area contributed by atoms with Crippen LogP contribution in [0.5, 0.6) is 0 Å². The van der Waals surface area contributed by atoms with E-state index in [-0.39, 0.29) is 5.91 Å². The Morgan fingerprint density at radius 3 is 2.84 bits per heavy atom. The largest absolute Gasteiger partial charge is 0.370 e. The molecule has 2 heterocycles. The molecule has 7 heteroatoms. The number of benzene rings is 1. The monoisotopic (exact) mass is 343 g/mol. The van der Waals surface area contributed by atoms with Gasteiger partial charge in [-0.3, -0.25) is 9.36 Å². The molecule has 2 aromatic rings. The average molecular weight is 343 g/mol. The lowest BCUT2D eigenvalue weighted by molar-refractivity contribution is -0.135. The van der Waals surface area contributed by atoms with Crippen molar-refractivity contribution >= 4 is 11.6 Å². The number of anilines is 1. The van der Waals surface area contributed by atoms with Gasteiger partial charge >= 0.3 is 0 Å². The number of aryl methyl sites for hydroxylation is 1. The van der Waals surface area contributed by atoms with Crippen LogP contribution in [0.4, 0.5) is 5.69 Å². The van der Waals surface area contributed by atoms with E-state index in [2.05, 4.69) is 39.5 Å².